The Morgan fingerprint density at radius 3 is 2.00 bits per heavy atom. The number of hydrogen-bond acceptors (Lipinski definition) is 4. The van der Waals surface area contributed by atoms with Gasteiger partial charge in [-0.25, -0.2) is 4.79 Å². The summed E-state index contributed by atoms with van der Waals surface area (Å²) in [7, 11) is 3.26. The average Bonchev–Trinajstić information content (AvgIpc) is 2.57. The first-order valence-electron chi connectivity index (χ1n) is 7.54. The van der Waals surface area contributed by atoms with E-state index in [1.54, 1.807) is 26.4 Å². The van der Waals surface area contributed by atoms with E-state index in [9.17, 15) is 4.79 Å². The van der Waals surface area contributed by atoms with Gasteiger partial charge in [0.25, 0.3) is 0 Å². The Balaban J connectivity index is 2.30. The molecule has 128 valence electrons. The van der Waals surface area contributed by atoms with Crippen LogP contribution < -0.4 is 9.47 Å². The van der Waals surface area contributed by atoms with Gasteiger partial charge in [0.2, 0.25) is 0 Å². The number of benzene rings is 2. The van der Waals surface area contributed by atoms with Gasteiger partial charge >= 0.3 is 5.97 Å². The van der Waals surface area contributed by atoms with E-state index in [0.29, 0.717) is 5.56 Å². The van der Waals surface area contributed by atoms with Gasteiger partial charge in [0.05, 0.1) is 19.8 Å². The maximum atomic E-state index is 12.2. The number of carbonyl (C=O) groups excluding carboxylic acids is 1. The molecule has 0 fully saturated rings. The van der Waals surface area contributed by atoms with Crippen LogP contribution in [-0.4, -0.2) is 20.2 Å². The summed E-state index contributed by atoms with van der Waals surface area (Å²) in [6.45, 7) is 6.02. The van der Waals surface area contributed by atoms with Crippen LogP contribution in [0, 0.1) is 20.8 Å². The third-order valence-electron chi connectivity index (χ3n) is 4.15. The molecule has 2 aromatic carbocycles. The van der Waals surface area contributed by atoms with Crippen LogP contribution in [0.15, 0.2) is 28.7 Å². The van der Waals surface area contributed by atoms with Crippen LogP contribution >= 0.6 is 15.9 Å². The first kappa shape index (κ1) is 18.3. The quantitative estimate of drug-likeness (QED) is 0.688. The molecule has 0 bridgehead atoms. The molecule has 0 aliphatic heterocycles. The van der Waals surface area contributed by atoms with E-state index >= 15 is 0 Å². The molecule has 24 heavy (non-hydrogen) atoms. The van der Waals surface area contributed by atoms with Gasteiger partial charge in [0.15, 0.2) is 0 Å². The molecule has 0 saturated carbocycles. The fourth-order valence-electron chi connectivity index (χ4n) is 2.72. The number of rotatable bonds is 5. The zero-order chi connectivity index (χ0) is 17.9. The van der Waals surface area contributed by atoms with E-state index in [0.717, 1.165) is 38.2 Å². The smallest absolute Gasteiger partial charge is 0.338 e. The van der Waals surface area contributed by atoms with Crippen molar-refractivity contribution in [2.45, 2.75) is 27.4 Å². The first-order valence-corrected chi connectivity index (χ1v) is 8.33. The third-order valence-corrected chi connectivity index (χ3v) is 4.68. The summed E-state index contributed by atoms with van der Waals surface area (Å²) < 4.78 is 17.4. The van der Waals surface area contributed by atoms with E-state index < -0.39 is 0 Å². The summed E-state index contributed by atoms with van der Waals surface area (Å²) in [5.41, 5.74) is 4.25. The highest BCUT2D eigenvalue weighted by Gasteiger charge is 2.20. The third kappa shape index (κ3) is 3.56. The molecule has 0 atom stereocenters. The summed E-state index contributed by atoms with van der Waals surface area (Å²) in [6.07, 6.45) is 0. The summed E-state index contributed by atoms with van der Waals surface area (Å²) >= 11 is 3.35. The Morgan fingerprint density at radius 1 is 0.917 bits per heavy atom. The van der Waals surface area contributed by atoms with E-state index in [-0.39, 0.29) is 12.6 Å². The monoisotopic (exact) mass is 392 g/mol. The molecule has 0 amide bonds. The molecule has 0 spiro atoms. The van der Waals surface area contributed by atoms with E-state index in [4.69, 9.17) is 14.2 Å². The van der Waals surface area contributed by atoms with E-state index in [2.05, 4.69) is 15.9 Å². The second-order valence-electron chi connectivity index (χ2n) is 5.50. The summed E-state index contributed by atoms with van der Waals surface area (Å²) in [4.78, 5) is 12.2. The van der Waals surface area contributed by atoms with Gasteiger partial charge in [-0.05, 0) is 56.2 Å². The van der Waals surface area contributed by atoms with E-state index in [1.165, 1.54) is 0 Å². The molecular weight excluding hydrogens is 372 g/mol. The predicted octanol–water partition coefficient (Wildman–Crippen LogP) is 4.75. The van der Waals surface area contributed by atoms with Crippen molar-refractivity contribution in [1.29, 1.82) is 0 Å². The van der Waals surface area contributed by atoms with Crippen LogP contribution in [-0.2, 0) is 11.3 Å². The Kier molecular flexibility index (Phi) is 5.89. The predicted molar refractivity (Wildman–Crippen MR) is 97.0 cm³/mol. The van der Waals surface area contributed by atoms with Crippen molar-refractivity contribution in [3.63, 3.8) is 0 Å². The lowest BCUT2D eigenvalue weighted by atomic mass is 9.97. The van der Waals surface area contributed by atoms with Crippen molar-refractivity contribution in [2.24, 2.45) is 0 Å². The SMILES string of the molecule is COc1c(C)c(C)c(OC)c(COC(=O)c2ccc(Br)cc2)c1C. The van der Waals surface area contributed by atoms with Crippen LogP contribution in [0.3, 0.4) is 0 Å². The maximum absolute atomic E-state index is 12.2. The Bertz CT molecular complexity index is 751. The number of esters is 1. The van der Waals surface area contributed by atoms with Gasteiger partial charge in [-0.15, -0.1) is 0 Å². The highest BCUT2D eigenvalue weighted by Crippen LogP contribution is 2.38. The van der Waals surface area contributed by atoms with Crippen molar-refractivity contribution >= 4 is 21.9 Å². The summed E-state index contributed by atoms with van der Waals surface area (Å²) in [5, 5.41) is 0. The van der Waals surface area contributed by atoms with Gasteiger partial charge in [0, 0.05) is 15.6 Å². The minimum absolute atomic E-state index is 0.126. The molecule has 4 nitrogen and oxygen atoms in total. The van der Waals surface area contributed by atoms with Gasteiger partial charge in [-0.3, -0.25) is 0 Å². The molecule has 0 aliphatic rings. The largest absolute Gasteiger partial charge is 0.496 e. The van der Waals surface area contributed by atoms with Crippen LogP contribution in [0.4, 0.5) is 0 Å². The van der Waals surface area contributed by atoms with Crippen molar-refractivity contribution < 1.29 is 19.0 Å². The molecule has 0 radical (unpaired) electrons. The number of carbonyl (C=O) groups is 1. The van der Waals surface area contributed by atoms with Crippen LogP contribution in [0.5, 0.6) is 11.5 Å². The lowest BCUT2D eigenvalue weighted by Crippen LogP contribution is -2.09. The summed E-state index contributed by atoms with van der Waals surface area (Å²) in [5.74, 6) is 1.15. The fourth-order valence-corrected chi connectivity index (χ4v) is 2.98. The van der Waals surface area contributed by atoms with Crippen LogP contribution in [0.2, 0.25) is 0 Å². The molecule has 2 aromatic rings. The highest BCUT2D eigenvalue weighted by molar-refractivity contribution is 9.10. The lowest BCUT2D eigenvalue weighted by molar-refractivity contribution is 0.0469. The standard InChI is InChI=1S/C19H21BrO4/c1-11-12(2)18(23-5)16(13(3)17(11)22-4)10-24-19(21)14-6-8-15(20)9-7-14/h6-9H,10H2,1-5H3. The van der Waals surface area contributed by atoms with Crippen molar-refractivity contribution in [3.05, 3.63) is 56.6 Å². The summed E-state index contributed by atoms with van der Waals surface area (Å²) in [6, 6.07) is 7.05. The molecular formula is C19H21BrO4. The van der Waals surface area contributed by atoms with Gasteiger partial charge in [-0.1, -0.05) is 15.9 Å². The van der Waals surface area contributed by atoms with Crippen molar-refractivity contribution in [1.82, 2.24) is 0 Å². The van der Waals surface area contributed by atoms with Crippen molar-refractivity contribution in [2.75, 3.05) is 14.2 Å². The molecule has 0 saturated heterocycles. The number of hydrogen-bond donors (Lipinski definition) is 0. The van der Waals surface area contributed by atoms with Crippen LogP contribution in [0.1, 0.15) is 32.6 Å². The molecule has 0 aromatic heterocycles. The van der Waals surface area contributed by atoms with Crippen LogP contribution in [0.25, 0.3) is 0 Å². The second-order valence-corrected chi connectivity index (χ2v) is 6.42. The molecule has 5 heteroatoms. The molecule has 0 unspecified atom stereocenters. The molecule has 0 aliphatic carbocycles. The van der Waals surface area contributed by atoms with E-state index in [1.807, 2.05) is 32.9 Å². The molecule has 0 N–H and O–H groups in total. The van der Waals surface area contributed by atoms with Gasteiger partial charge < -0.3 is 14.2 Å². The highest BCUT2D eigenvalue weighted by atomic mass is 79.9. The normalized spacial score (nSPS) is 10.4. The first-order chi connectivity index (χ1) is 11.4. The van der Waals surface area contributed by atoms with Gasteiger partial charge in [0.1, 0.15) is 18.1 Å². The molecule has 0 heterocycles. The maximum Gasteiger partial charge on any atom is 0.338 e. The Morgan fingerprint density at radius 2 is 1.46 bits per heavy atom. The van der Waals surface area contributed by atoms with Gasteiger partial charge in [-0.2, -0.15) is 0 Å². The topological polar surface area (TPSA) is 44.8 Å². The minimum Gasteiger partial charge on any atom is -0.496 e. The van der Waals surface area contributed by atoms with Crippen molar-refractivity contribution in [3.8, 4) is 11.5 Å². The number of ether oxygens (including phenoxy) is 3. The Hall–Kier alpha value is -2.01. The number of halogens is 1. The lowest BCUT2D eigenvalue weighted by Gasteiger charge is -2.20. The minimum atomic E-state index is -0.374. The number of methoxy groups -OCH3 is 2. The zero-order valence-corrected chi connectivity index (χ0v) is 16.1. The zero-order valence-electron chi connectivity index (χ0n) is 14.5. The Labute approximate surface area is 150 Å². The average molecular weight is 393 g/mol. The molecule has 2 rings (SSSR count). The second kappa shape index (κ2) is 7.71. The fraction of sp³-hybridized carbons (Fsp3) is 0.316.